The normalized spacial score (nSPS) is 10.4. The Labute approximate surface area is 128 Å². The molecule has 0 spiro atoms. The van der Waals surface area contributed by atoms with Gasteiger partial charge < -0.3 is 10.6 Å². The molecule has 0 aromatic heterocycles. The smallest absolute Gasteiger partial charge is 0.253 e. The molecule has 2 N–H and O–H groups in total. The van der Waals surface area contributed by atoms with E-state index in [1.807, 2.05) is 13.8 Å². The molecule has 4 nitrogen and oxygen atoms in total. The van der Waals surface area contributed by atoms with Crippen LogP contribution in [0.5, 0.6) is 0 Å². The van der Waals surface area contributed by atoms with Crippen molar-refractivity contribution in [3.05, 3.63) is 33.8 Å². The zero-order valence-electron chi connectivity index (χ0n) is 11.5. The van der Waals surface area contributed by atoms with Crippen LogP contribution < -0.4 is 10.6 Å². The van der Waals surface area contributed by atoms with Gasteiger partial charge in [-0.15, -0.1) is 0 Å². The predicted molar refractivity (Wildman–Crippen MR) is 81.3 cm³/mol. The van der Waals surface area contributed by atoms with Gasteiger partial charge in [0.25, 0.3) is 5.91 Å². The number of nitrogens with one attached hydrogen (secondary N) is 2. The molecule has 110 valence electrons. The van der Waals surface area contributed by atoms with E-state index >= 15 is 0 Å². The number of halogens is 2. The Hall–Kier alpha value is -1.26. The van der Waals surface area contributed by atoms with E-state index in [0.717, 1.165) is 12.8 Å². The first-order valence-electron chi connectivity index (χ1n) is 6.50. The summed E-state index contributed by atoms with van der Waals surface area (Å²) in [7, 11) is 0. The van der Waals surface area contributed by atoms with Gasteiger partial charge in [-0.3, -0.25) is 9.59 Å². The molecule has 1 aromatic carbocycles. The Morgan fingerprint density at radius 3 is 2.40 bits per heavy atom. The molecular weight excluding hydrogens is 299 g/mol. The van der Waals surface area contributed by atoms with E-state index < -0.39 is 5.91 Å². The fourth-order valence-electron chi connectivity index (χ4n) is 1.70. The van der Waals surface area contributed by atoms with Gasteiger partial charge >= 0.3 is 0 Å². The molecule has 6 heteroatoms. The van der Waals surface area contributed by atoms with Gasteiger partial charge in [-0.1, -0.05) is 37.0 Å². The minimum Gasteiger partial charge on any atom is -0.352 e. The van der Waals surface area contributed by atoms with E-state index in [0.29, 0.717) is 10.6 Å². The van der Waals surface area contributed by atoms with Gasteiger partial charge in [0.1, 0.15) is 0 Å². The van der Waals surface area contributed by atoms with Gasteiger partial charge in [-0.05, 0) is 31.0 Å². The lowest BCUT2D eigenvalue weighted by molar-refractivity contribution is -0.120. The zero-order valence-corrected chi connectivity index (χ0v) is 13.0. The summed E-state index contributed by atoms with van der Waals surface area (Å²) in [4.78, 5) is 23.6. The first-order valence-corrected chi connectivity index (χ1v) is 7.26. The van der Waals surface area contributed by atoms with Gasteiger partial charge in [0.15, 0.2) is 0 Å². The summed E-state index contributed by atoms with van der Waals surface area (Å²) in [6.45, 7) is 3.93. The Morgan fingerprint density at radius 2 is 1.85 bits per heavy atom. The molecule has 0 radical (unpaired) electrons. The minimum absolute atomic E-state index is 0.0751. The average molecular weight is 317 g/mol. The van der Waals surface area contributed by atoms with E-state index in [-0.39, 0.29) is 23.5 Å². The van der Waals surface area contributed by atoms with Crippen molar-refractivity contribution < 1.29 is 9.59 Å². The van der Waals surface area contributed by atoms with Crippen LogP contribution in [0, 0.1) is 0 Å². The number of benzene rings is 1. The van der Waals surface area contributed by atoms with Crippen molar-refractivity contribution in [3.63, 3.8) is 0 Å². The van der Waals surface area contributed by atoms with Gasteiger partial charge in [0.2, 0.25) is 5.91 Å². The minimum atomic E-state index is -0.397. The van der Waals surface area contributed by atoms with E-state index in [2.05, 4.69) is 10.6 Å². The van der Waals surface area contributed by atoms with Gasteiger partial charge in [-0.25, -0.2) is 0 Å². The van der Waals surface area contributed by atoms with Crippen molar-refractivity contribution >= 4 is 35.0 Å². The second-order valence-corrected chi connectivity index (χ2v) is 5.23. The summed E-state index contributed by atoms with van der Waals surface area (Å²) in [5.74, 6) is -0.608. The molecule has 1 aromatic rings. The van der Waals surface area contributed by atoms with E-state index in [1.54, 1.807) is 6.07 Å². The number of hydrogen-bond donors (Lipinski definition) is 2. The molecule has 0 bridgehead atoms. The highest BCUT2D eigenvalue weighted by molar-refractivity contribution is 6.36. The Balaban J connectivity index is 2.53. The van der Waals surface area contributed by atoms with Crippen LogP contribution in [-0.2, 0) is 4.79 Å². The number of rotatable bonds is 6. The molecule has 1 rings (SSSR count). The molecule has 0 heterocycles. The fraction of sp³-hybridized carbons (Fsp3) is 0.429. The lowest BCUT2D eigenvalue weighted by Gasteiger charge is -2.15. The quantitative estimate of drug-likeness (QED) is 0.847. The summed E-state index contributed by atoms with van der Waals surface area (Å²) in [6.07, 6.45) is 1.72. The lowest BCUT2D eigenvalue weighted by atomic mass is 10.2. The molecule has 0 unspecified atom stereocenters. The summed E-state index contributed by atoms with van der Waals surface area (Å²) >= 11 is 11.7. The van der Waals surface area contributed by atoms with Crippen molar-refractivity contribution in [1.82, 2.24) is 10.6 Å². The summed E-state index contributed by atoms with van der Waals surface area (Å²) in [5, 5.41) is 6.09. The van der Waals surface area contributed by atoms with Gasteiger partial charge in [-0.2, -0.15) is 0 Å². The topological polar surface area (TPSA) is 58.2 Å². The monoisotopic (exact) mass is 316 g/mol. The van der Waals surface area contributed by atoms with E-state index in [4.69, 9.17) is 23.2 Å². The number of amides is 2. The molecule has 0 fully saturated rings. The maximum atomic E-state index is 11.9. The third-order valence-electron chi connectivity index (χ3n) is 2.94. The third kappa shape index (κ3) is 5.02. The molecule has 0 saturated heterocycles. The van der Waals surface area contributed by atoms with Crippen molar-refractivity contribution in [2.24, 2.45) is 0 Å². The Kier molecular flexibility index (Phi) is 6.82. The molecule has 2 amide bonds. The number of carbonyl (C=O) groups is 2. The van der Waals surface area contributed by atoms with Crippen LogP contribution in [0.3, 0.4) is 0 Å². The number of carbonyl (C=O) groups excluding carboxylic acids is 2. The van der Waals surface area contributed by atoms with Crippen LogP contribution in [0.15, 0.2) is 18.2 Å². The molecule has 0 saturated carbocycles. The van der Waals surface area contributed by atoms with Crippen molar-refractivity contribution in [1.29, 1.82) is 0 Å². The van der Waals surface area contributed by atoms with Crippen LogP contribution in [0.2, 0.25) is 10.0 Å². The third-order valence-corrected chi connectivity index (χ3v) is 3.48. The van der Waals surface area contributed by atoms with Crippen LogP contribution in [-0.4, -0.2) is 24.4 Å². The summed E-state index contributed by atoms with van der Waals surface area (Å²) < 4.78 is 0. The first kappa shape index (κ1) is 16.8. The maximum Gasteiger partial charge on any atom is 0.253 e. The highest BCUT2D eigenvalue weighted by Gasteiger charge is 2.13. The van der Waals surface area contributed by atoms with Crippen molar-refractivity contribution in [3.8, 4) is 0 Å². The molecule has 0 aliphatic heterocycles. The van der Waals surface area contributed by atoms with Gasteiger partial charge in [0, 0.05) is 11.1 Å². The molecular formula is C14H18Cl2N2O2. The van der Waals surface area contributed by atoms with Gasteiger partial charge in [0.05, 0.1) is 17.1 Å². The van der Waals surface area contributed by atoms with Crippen LogP contribution >= 0.6 is 23.2 Å². The SMILES string of the molecule is CCC(CC)NC(=O)CNC(=O)c1ccc(Cl)cc1Cl. The Bertz CT molecular complexity index is 488. The standard InChI is InChI=1S/C14H18Cl2N2O2/c1-3-10(4-2)18-13(19)8-17-14(20)11-6-5-9(15)7-12(11)16/h5-7,10H,3-4,8H2,1-2H3,(H,17,20)(H,18,19). The fourth-order valence-corrected chi connectivity index (χ4v) is 2.20. The van der Waals surface area contributed by atoms with Crippen molar-refractivity contribution in [2.45, 2.75) is 32.7 Å². The second kappa shape index (κ2) is 8.12. The first-order chi connectivity index (χ1) is 9.47. The molecule has 20 heavy (non-hydrogen) atoms. The average Bonchev–Trinajstić information content (AvgIpc) is 2.42. The lowest BCUT2D eigenvalue weighted by Crippen LogP contribution is -2.41. The highest BCUT2D eigenvalue weighted by atomic mass is 35.5. The largest absolute Gasteiger partial charge is 0.352 e. The predicted octanol–water partition coefficient (Wildman–Crippen LogP) is 3.03. The zero-order chi connectivity index (χ0) is 15.1. The van der Waals surface area contributed by atoms with Crippen LogP contribution in [0.4, 0.5) is 0 Å². The van der Waals surface area contributed by atoms with E-state index in [9.17, 15) is 9.59 Å². The van der Waals surface area contributed by atoms with E-state index in [1.165, 1.54) is 12.1 Å². The van der Waals surface area contributed by atoms with Crippen LogP contribution in [0.25, 0.3) is 0 Å². The molecule has 0 aliphatic rings. The molecule has 0 aliphatic carbocycles. The summed E-state index contributed by atoms with van der Waals surface area (Å²) in [5.41, 5.74) is 0.298. The number of hydrogen-bond acceptors (Lipinski definition) is 2. The Morgan fingerprint density at radius 1 is 1.20 bits per heavy atom. The molecule has 0 atom stereocenters. The second-order valence-electron chi connectivity index (χ2n) is 4.39. The van der Waals surface area contributed by atoms with Crippen LogP contribution in [0.1, 0.15) is 37.0 Å². The highest BCUT2D eigenvalue weighted by Crippen LogP contribution is 2.20. The van der Waals surface area contributed by atoms with Crippen molar-refractivity contribution in [2.75, 3.05) is 6.54 Å². The summed E-state index contributed by atoms with van der Waals surface area (Å²) in [6, 6.07) is 4.73. The maximum absolute atomic E-state index is 11.9.